The van der Waals surface area contributed by atoms with Gasteiger partial charge in [0, 0.05) is 32.4 Å². The molecule has 1 saturated carbocycles. The SMILES string of the molecule is C=C/C=C(\C)C12Oc3cc(Cl)cnc3C1(O)CCC2C.C=CCC.CC.COC. The van der Waals surface area contributed by atoms with Crippen molar-refractivity contribution in [1.82, 2.24) is 4.98 Å². The van der Waals surface area contributed by atoms with Crippen LogP contribution < -0.4 is 4.74 Å². The molecule has 1 N–H and O–H groups in total. The molecule has 3 atom stereocenters. The minimum atomic E-state index is -1.09. The van der Waals surface area contributed by atoms with Crippen molar-refractivity contribution in [3.8, 4) is 5.75 Å². The predicted octanol–water partition coefficient (Wildman–Crippen LogP) is 6.49. The Bertz CT molecular complexity index is 689. The second kappa shape index (κ2) is 12.8. The number of nitrogens with zero attached hydrogens (tertiary/aromatic N) is 1. The van der Waals surface area contributed by atoms with Crippen LogP contribution in [0.25, 0.3) is 0 Å². The van der Waals surface area contributed by atoms with Gasteiger partial charge >= 0.3 is 0 Å². The van der Waals surface area contributed by atoms with Crippen molar-refractivity contribution in [2.45, 2.75) is 65.1 Å². The summed E-state index contributed by atoms with van der Waals surface area (Å²) in [4.78, 5) is 4.34. The van der Waals surface area contributed by atoms with Gasteiger partial charge in [0.05, 0.1) is 5.02 Å². The first-order chi connectivity index (χ1) is 13.8. The average Bonchev–Trinajstić information content (AvgIpc) is 3.12. The third-order valence-corrected chi connectivity index (χ3v) is 5.18. The number of halogens is 1. The molecule has 4 nitrogen and oxygen atoms in total. The molecule has 0 saturated heterocycles. The summed E-state index contributed by atoms with van der Waals surface area (Å²) in [5, 5.41) is 11.8. The third-order valence-electron chi connectivity index (χ3n) is 4.97. The van der Waals surface area contributed by atoms with Gasteiger partial charge in [0.1, 0.15) is 11.4 Å². The van der Waals surface area contributed by atoms with E-state index in [2.05, 4.69) is 36.7 Å². The number of ether oxygens (including phenoxy) is 2. The van der Waals surface area contributed by atoms with Gasteiger partial charge in [0.15, 0.2) is 11.2 Å². The minimum absolute atomic E-state index is 0.191. The second-order valence-corrected chi connectivity index (χ2v) is 7.26. The molecule has 0 aromatic carbocycles. The highest BCUT2D eigenvalue weighted by Crippen LogP contribution is 2.61. The highest BCUT2D eigenvalue weighted by atomic mass is 35.5. The summed E-state index contributed by atoms with van der Waals surface area (Å²) in [5.74, 6) is 0.778. The molecule has 164 valence electrons. The van der Waals surface area contributed by atoms with Crippen LogP contribution >= 0.6 is 11.6 Å². The molecule has 1 aromatic rings. The van der Waals surface area contributed by atoms with Gasteiger partial charge in [0.2, 0.25) is 0 Å². The maximum Gasteiger partial charge on any atom is 0.167 e. The van der Waals surface area contributed by atoms with Crippen LogP contribution in [0, 0.1) is 5.92 Å². The summed E-state index contributed by atoms with van der Waals surface area (Å²) in [6.07, 6.45) is 9.68. The van der Waals surface area contributed by atoms with E-state index in [1.165, 1.54) is 0 Å². The first-order valence-electron chi connectivity index (χ1n) is 10.2. The van der Waals surface area contributed by atoms with E-state index in [0.717, 1.165) is 18.4 Å². The monoisotopic (exact) mass is 423 g/mol. The van der Waals surface area contributed by atoms with E-state index in [1.807, 2.05) is 32.9 Å². The Morgan fingerprint density at radius 1 is 1.41 bits per heavy atom. The Hall–Kier alpha value is -1.62. The molecule has 0 radical (unpaired) electrons. The van der Waals surface area contributed by atoms with Crippen LogP contribution in [0.2, 0.25) is 5.02 Å². The van der Waals surface area contributed by atoms with Gasteiger partial charge < -0.3 is 14.6 Å². The fourth-order valence-electron chi connectivity index (χ4n) is 3.78. The standard InChI is InChI=1S/C16H18ClNO2.C4H8.C2H6O.C2H6/c1-4-5-10(2)16-11(3)6-7-15(16,19)14-13(20-16)8-12(17)9-18-14;1-3-4-2;1-3-2;1-2/h4-5,8-9,11,19H,1,6-7H2,2-3H3;3H,1,4H2,2H3;1-2H3;1-2H3/b10-5+;;;. The molecule has 1 aromatic heterocycles. The third kappa shape index (κ3) is 5.50. The summed E-state index contributed by atoms with van der Waals surface area (Å²) in [5.41, 5.74) is -0.283. The van der Waals surface area contributed by atoms with Crippen molar-refractivity contribution < 1.29 is 14.6 Å². The molecule has 5 heteroatoms. The molecule has 1 aliphatic heterocycles. The van der Waals surface area contributed by atoms with Crippen LogP contribution in [0.4, 0.5) is 0 Å². The zero-order valence-corrected chi connectivity index (χ0v) is 19.8. The molecule has 0 amide bonds. The average molecular weight is 424 g/mol. The summed E-state index contributed by atoms with van der Waals surface area (Å²) in [6, 6.07) is 1.73. The summed E-state index contributed by atoms with van der Waals surface area (Å²) < 4.78 is 10.5. The lowest BCUT2D eigenvalue weighted by Gasteiger charge is -2.38. The van der Waals surface area contributed by atoms with Crippen LogP contribution in [0.15, 0.2) is 49.2 Å². The molecule has 1 aliphatic carbocycles. The van der Waals surface area contributed by atoms with Gasteiger partial charge in [-0.3, -0.25) is 4.98 Å². The van der Waals surface area contributed by atoms with Gasteiger partial charge in [-0.1, -0.05) is 64.1 Å². The van der Waals surface area contributed by atoms with Crippen molar-refractivity contribution in [2.24, 2.45) is 5.92 Å². The Balaban J connectivity index is 0.000000750. The highest BCUT2D eigenvalue weighted by molar-refractivity contribution is 6.30. The molecule has 1 fully saturated rings. The number of hydrogen-bond acceptors (Lipinski definition) is 4. The van der Waals surface area contributed by atoms with Crippen LogP contribution in [0.5, 0.6) is 5.75 Å². The van der Waals surface area contributed by atoms with E-state index < -0.39 is 11.2 Å². The van der Waals surface area contributed by atoms with Crippen molar-refractivity contribution >= 4 is 11.6 Å². The van der Waals surface area contributed by atoms with Gasteiger partial charge in [-0.2, -0.15) is 0 Å². The summed E-state index contributed by atoms with van der Waals surface area (Å²) >= 11 is 5.99. The van der Waals surface area contributed by atoms with Crippen LogP contribution in [0.3, 0.4) is 0 Å². The van der Waals surface area contributed by atoms with E-state index in [0.29, 0.717) is 22.9 Å². The van der Waals surface area contributed by atoms with Crippen LogP contribution in [0.1, 0.15) is 59.6 Å². The Morgan fingerprint density at radius 2 is 1.97 bits per heavy atom. The van der Waals surface area contributed by atoms with Crippen LogP contribution in [-0.2, 0) is 10.3 Å². The number of aliphatic hydroxyl groups is 1. The van der Waals surface area contributed by atoms with E-state index in [-0.39, 0.29) is 5.92 Å². The first kappa shape index (κ1) is 27.4. The lowest BCUT2D eigenvalue weighted by Crippen LogP contribution is -2.52. The van der Waals surface area contributed by atoms with E-state index in [4.69, 9.17) is 16.3 Å². The second-order valence-electron chi connectivity index (χ2n) is 6.83. The predicted molar refractivity (Wildman–Crippen MR) is 124 cm³/mol. The van der Waals surface area contributed by atoms with E-state index in [1.54, 1.807) is 32.6 Å². The highest BCUT2D eigenvalue weighted by Gasteiger charge is 2.67. The largest absolute Gasteiger partial charge is 0.477 e. The number of pyridine rings is 1. The minimum Gasteiger partial charge on any atom is -0.477 e. The molecule has 3 rings (SSSR count). The zero-order chi connectivity index (χ0) is 22.7. The smallest absolute Gasteiger partial charge is 0.167 e. The number of methoxy groups -OCH3 is 1. The number of hydrogen-bond donors (Lipinski definition) is 1. The van der Waals surface area contributed by atoms with Crippen LogP contribution in [-0.4, -0.2) is 29.9 Å². The molecule has 2 heterocycles. The van der Waals surface area contributed by atoms with E-state index >= 15 is 0 Å². The maximum atomic E-state index is 11.3. The van der Waals surface area contributed by atoms with Crippen molar-refractivity contribution in [2.75, 3.05) is 14.2 Å². The summed E-state index contributed by atoms with van der Waals surface area (Å²) in [7, 11) is 3.25. The topological polar surface area (TPSA) is 51.6 Å². The number of allylic oxidation sites excluding steroid dienone is 3. The number of fused-ring (bicyclic) bond motifs is 3. The summed E-state index contributed by atoms with van der Waals surface area (Å²) in [6.45, 7) is 17.4. The maximum absolute atomic E-state index is 11.3. The molecule has 3 unspecified atom stereocenters. The Labute approximate surface area is 182 Å². The van der Waals surface area contributed by atoms with Gasteiger partial charge in [0.25, 0.3) is 0 Å². The lowest BCUT2D eigenvalue weighted by molar-refractivity contribution is -0.0870. The molecule has 29 heavy (non-hydrogen) atoms. The number of aromatic nitrogens is 1. The van der Waals surface area contributed by atoms with Gasteiger partial charge in [-0.15, -0.1) is 6.58 Å². The fourth-order valence-corrected chi connectivity index (χ4v) is 3.93. The Morgan fingerprint density at radius 3 is 2.45 bits per heavy atom. The van der Waals surface area contributed by atoms with Gasteiger partial charge in [-0.05, 0) is 31.8 Å². The first-order valence-corrected chi connectivity index (χ1v) is 10.5. The normalized spacial score (nSPS) is 26.1. The van der Waals surface area contributed by atoms with Crippen molar-refractivity contribution in [3.05, 3.63) is 59.9 Å². The Kier molecular flexibility index (Phi) is 12.1. The van der Waals surface area contributed by atoms with E-state index in [9.17, 15) is 5.11 Å². The van der Waals surface area contributed by atoms with Gasteiger partial charge in [-0.25, -0.2) is 0 Å². The molecular formula is C24H38ClNO3. The number of rotatable bonds is 3. The zero-order valence-electron chi connectivity index (χ0n) is 19.1. The fraction of sp³-hybridized carbons (Fsp3) is 0.542. The van der Waals surface area contributed by atoms with Crippen molar-refractivity contribution in [1.29, 1.82) is 0 Å². The molecule has 0 bridgehead atoms. The molecular weight excluding hydrogens is 386 g/mol. The lowest BCUT2D eigenvalue weighted by atomic mass is 9.75. The molecule has 2 aliphatic rings. The molecule has 0 spiro atoms. The quantitative estimate of drug-likeness (QED) is 0.446. The van der Waals surface area contributed by atoms with Crippen molar-refractivity contribution in [3.63, 3.8) is 0 Å².